The zero-order chi connectivity index (χ0) is 24.5. The fourth-order valence-electron chi connectivity index (χ4n) is 4.59. The predicted molar refractivity (Wildman–Crippen MR) is 147 cm³/mol. The molecule has 1 amide bonds. The first-order valence-electron chi connectivity index (χ1n) is 11.2. The smallest absolute Gasteiger partial charge is 0.250 e. The SMILES string of the molecule is Cc1cc(/C=N\NC(=O)CSC2c3ccccc3-c3ccccc32)c(C)n1-c1ccc(Cl)c(Cl)c1. The second kappa shape index (κ2) is 9.94. The number of carbonyl (C=O) groups excluding carboxylic acids is 1. The minimum atomic E-state index is -0.133. The maximum absolute atomic E-state index is 12.6. The molecular weight excluding hydrogens is 497 g/mol. The van der Waals surface area contributed by atoms with Gasteiger partial charge in [0, 0.05) is 22.6 Å². The van der Waals surface area contributed by atoms with Crippen LogP contribution in [-0.2, 0) is 4.79 Å². The average Bonchev–Trinajstić information content (AvgIpc) is 3.33. The molecule has 4 nitrogen and oxygen atoms in total. The Labute approximate surface area is 219 Å². The molecule has 1 aromatic heterocycles. The minimum absolute atomic E-state index is 0.133. The van der Waals surface area contributed by atoms with E-state index in [1.165, 1.54) is 22.3 Å². The van der Waals surface area contributed by atoms with Crippen LogP contribution in [0.15, 0.2) is 77.9 Å². The van der Waals surface area contributed by atoms with Crippen molar-refractivity contribution in [2.75, 3.05) is 5.75 Å². The fraction of sp³-hybridized carbons (Fsp3) is 0.143. The van der Waals surface area contributed by atoms with E-state index in [0.29, 0.717) is 15.8 Å². The van der Waals surface area contributed by atoms with E-state index < -0.39 is 0 Å². The number of amides is 1. The summed E-state index contributed by atoms with van der Waals surface area (Å²) < 4.78 is 2.08. The lowest BCUT2D eigenvalue weighted by atomic mass is 10.1. The van der Waals surface area contributed by atoms with Crippen molar-refractivity contribution in [3.63, 3.8) is 0 Å². The lowest BCUT2D eigenvalue weighted by Gasteiger charge is -2.12. The van der Waals surface area contributed by atoms with Crippen molar-refractivity contribution < 1.29 is 4.79 Å². The van der Waals surface area contributed by atoms with Crippen molar-refractivity contribution in [2.24, 2.45) is 5.10 Å². The van der Waals surface area contributed by atoms with Gasteiger partial charge in [-0.2, -0.15) is 5.10 Å². The Morgan fingerprint density at radius 3 is 2.29 bits per heavy atom. The van der Waals surface area contributed by atoms with Crippen molar-refractivity contribution in [1.82, 2.24) is 9.99 Å². The monoisotopic (exact) mass is 519 g/mol. The second-order valence-corrected chi connectivity index (χ2v) is 10.3. The summed E-state index contributed by atoms with van der Waals surface area (Å²) in [4.78, 5) is 12.6. The molecule has 35 heavy (non-hydrogen) atoms. The van der Waals surface area contributed by atoms with Crippen LogP contribution in [0.2, 0.25) is 10.0 Å². The summed E-state index contributed by atoms with van der Waals surface area (Å²) in [5, 5.41) is 5.38. The standard InChI is InChI=1S/C28H23Cl2N3OS/c1-17-13-19(18(2)33(17)20-11-12-25(29)26(30)14-20)15-31-32-27(34)16-35-28-23-9-5-3-7-21(23)22-8-4-6-10-24(22)28/h3-15,28H,16H2,1-2H3,(H,32,34)/b31-15-. The zero-order valence-electron chi connectivity index (χ0n) is 19.3. The molecule has 1 aliphatic rings. The van der Waals surface area contributed by atoms with Gasteiger partial charge in [0.2, 0.25) is 5.91 Å². The summed E-state index contributed by atoms with van der Waals surface area (Å²) >= 11 is 13.9. The highest BCUT2D eigenvalue weighted by Gasteiger charge is 2.28. The Kier molecular flexibility index (Phi) is 6.74. The van der Waals surface area contributed by atoms with Crippen LogP contribution in [0.5, 0.6) is 0 Å². The molecule has 0 aliphatic heterocycles. The average molecular weight is 520 g/mol. The number of thioether (sulfide) groups is 1. The number of aromatic nitrogens is 1. The van der Waals surface area contributed by atoms with Crippen molar-refractivity contribution in [3.05, 3.63) is 111 Å². The number of hydrazone groups is 1. The molecule has 0 saturated heterocycles. The molecule has 0 unspecified atom stereocenters. The number of fused-ring (bicyclic) bond motifs is 3. The zero-order valence-corrected chi connectivity index (χ0v) is 21.6. The first-order chi connectivity index (χ1) is 16.9. The van der Waals surface area contributed by atoms with Crippen LogP contribution in [0, 0.1) is 13.8 Å². The van der Waals surface area contributed by atoms with Gasteiger partial charge < -0.3 is 4.57 Å². The Morgan fingerprint density at radius 2 is 1.63 bits per heavy atom. The van der Waals surface area contributed by atoms with Crippen LogP contribution in [0.25, 0.3) is 16.8 Å². The third-order valence-corrected chi connectivity index (χ3v) is 8.19. The minimum Gasteiger partial charge on any atom is -0.318 e. The van der Waals surface area contributed by atoms with Crippen LogP contribution in [0.1, 0.15) is 33.3 Å². The van der Waals surface area contributed by atoms with E-state index in [1.54, 1.807) is 24.0 Å². The normalized spacial score (nSPS) is 12.7. The second-order valence-electron chi connectivity index (χ2n) is 8.42. The Bertz CT molecular complexity index is 1420. The Hall–Kier alpha value is -2.99. The van der Waals surface area contributed by atoms with Gasteiger partial charge in [0.25, 0.3) is 0 Å². The number of rotatable bonds is 6. The van der Waals surface area contributed by atoms with Crippen LogP contribution < -0.4 is 5.43 Å². The first-order valence-corrected chi connectivity index (χ1v) is 13.0. The van der Waals surface area contributed by atoms with Crippen LogP contribution >= 0.6 is 35.0 Å². The highest BCUT2D eigenvalue weighted by Crippen LogP contribution is 2.49. The number of hydrogen-bond donors (Lipinski definition) is 1. The van der Waals surface area contributed by atoms with Crippen molar-refractivity contribution in [2.45, 2.75) is 19.1 Å². The number of carbonyl (C=O) groups is 1. The summed E-state index contributed by atoms with van der Waals surface area (Å²) in [6, 6.07) is 24.4. The molecule has 0 spiro atoms. The summed E-state index contributed by atoms with van der Waals surface area (Å²) in [6.07, 6.45) is 1.68. The number of nitrogens with one attached hydrogen (secondary N) is 1. The molecule has 1 aliphatic carbocycles. The van der Waals surface area contributed by atoms with E-state index >= 15 is 0 Å². The van der Waals surface area contributed by atoms with E-state index in [4.69, 9.17) is 23.2 Å². The molecule has 4 aromatic rings. The van der Waals surface area contributed by atoms with Crippen LogP contribution in [0.3, 0.4) is 0 Å². The fourth-order valence-corrected chi connectivity index (χ4v) is 6.04. The van der Waals surface area contributed by atoms with Crippen molar-refractivity contribution >= 4 is 47.1 Å². The highest BCUT2D eigenvalue weighted by atomic mass is 35.5. The van der Waals surface area contributed by atoms with E-state index in [-0.39, 0.29) is 11.2 Å². The predicted octanol–water partition coefficient (Wildman–Crippen LogP) is 7.35. The highest BCUT2D eigenvalue weighted by molar-refractivity contribution is 8.00. The lowest BCUT2D eigenvalue weighted by Crippen LogP contribution is -2.20. The molecule has 3 aromatic carbocycles. The number of aryl methyl sites for hydroxylation is 1. The summed E-state index contributed by atoms with van der Waals surface area (Å²) in [6.45, 7) is 4.02. The maximum atomic E-state index is 12.6. The summed E-state index contributed by atoms with van der Waals surface area (Å²) in [5.41, 5.74) is 11.5. The van der Waals surface area contributed by atoms with Crippen LogP contribution in [-0.4, -0.2) is 22.4 Å². The lowest BCUT2D eigenvalue weighted by molar-refractivity contribution is -0.118. The van der Waals surface area contributed by atoms with Gasteiger partial charge in [0.15, 0.2) is 0 Å². The maximum Gasteiger partial charge on any atom is 0.250 e. The van der Waals surface area contributed by atoms with Gasteiger partial charge in [-0.05, 0) is 60.4 Å². The number of benzene rings is 3. The summed E-state index contributed by atoms with van der Waals surface area (Å²) in [5.74, 6) is 0.180. The summed E-state index contributed by atoms with van der Waals surface area (Å²) in [7, 11) is 0. The molecule has 176 valence electrons. The Morgan fingerprint density at radius 1 is 0.971 bits per heavy atom. The van der Waals surface area contributed by atoms with E-state index in [2.05, 4.69) is 63.6 Å². The molecule has 1 N–H and O–H groups in total. The van der Waals surface area contributed by atoms with Gasteiger partial charge in [-0.25, -0.2) is 5.43 Å². The molecule has 0 bridgehead atoms. The van der Waals surface area contributed by atoms with Gasteiger partial charge in [-0.15, -0.1) is 11.8 Å². The van der Waals surface area contributed by atoms with Crippen LogP contribution in [0.4, 0.5) is 0 Å². The van der Waals surface area contributed by atoms with Crippen molar-refractivity contribution in [3.8, 4) is 16.8 Å². The molecule has 5 rings (SSSR count). The third-order valence-electron chi connectivity index (χ3n) is 6.18. The quantitative estimate of drug-likeness (QED) is 0.213. The largest absolute Gasteiger partial charge is 0.318 e. The van der Waals surface area contributed by atoms with Gasteiger partial charge in [0.05, 0.1) is 27.3 Å². The van der Waals surface area contributed by atoms with E-state index in [9.17, 15) is 4.79 Å². The molecule has 0 atom stereocenters. The Balaban J connectivity index is 1.25. The number of nitrogens with zero attached hydrogens (tertiary/aromatic N) is 2. The van der Waals surface area contributed by atoms with E-state index in [0.717, 1.165) is 22.6 Å². The van der Waals surface area contributed by atoms with Gasteiger partial charge >= 0.3 is 0 Å². The molecule has 7 heteroatoms. The van der Waals surface area contributed by atoms with Gasteiger partial charge in [-0.1, -0.05) is 71.7 Å². The molecular formula is C28H23Cl2N3OS. The topological polar surface area (TPSA) is 46.4 Å². The van der Waals surface area contributed by atoms with Gasteiger partial charge in [-0.3, -0.25) is 4.79 Å². The van der Waals surface area contributed by atoms with Gasteiger partial charge in [0.1, 0.15) is 0 Å². The molecule has 1 heterocycles. The molecule has 0 fully saturated rings. The number of hydrogen-bond acceptors (Lipinski definition) is 3. The third kappa shape index (κ3) is 4.64. The molecule has 0 saturated carbocycles. The van der Waals surface area contributed by atoms with Crippen molar-refractivity contribution in [1.29, 1.82) is 0 Å². The number of halogens is 2. The van der Waals surface area contributed by atoms with E-state index in [1.807, 2.05) is 32.0 Å². The first kappa shape index (κ1) is 23.7. The molecule has 0 radical (unpaired) electrons.